The summed E-state index contributed by atoms with van der Waals surface area (Å²) in [5, 5.41) is 23.9. The van der Waals surface area contributed by atoms with Gasteiger partial charge < -0.3 is 14.7 Å². The first kappa shape index (κ1) is 20.3. The van der Waals surface area contributed by atoms with Gasteiger partial charge in [-0.05, 0) is 5.56 Å². The highest BCUT2D eigenvalue weighted by Gasteiger charge is 2.51. The highest BCUT2D eigenvalue weighted by atomic mass is 16.7. The largest absolute Gasteiger partial charge is 0.711 e. The van der Waals surface area contributed by atoms with Gasteiger partial charge in [-0.15, -0.1) is 0 Å². The van der Waals surface area contributed by atoms with Crippen molar-refractivity contribution < 1.29 is 28.7 Å². The van der Waals surface area contributed by atoms with Crippen LogP contribution in [0.3, 0.4) is 0 Å². The number of nitro groups is 1. The zero-order chi connectivity index (χ0) is 21.7. The SMILES string of the molecule is Cc1c(C)[n+]([O-])c([C@@H](c2ccc([N+](=O)[O-])cc2)C2C(=O)OC(C)(C)OC2=O)n1C. The summed E-state index contributed by atoms with van der Waals surface area (Å²) in [7, 11) is 1.65. The third-order valence-corrected chi connectivity index (χ3v) is 5.16. The van der Waals surface area contributed by atoms with Crippen molar-refractivity contribution in [3.05, 3.63) is 62.4 Å². The molecule has 3 rings (SSSR count). The van der Waals surface area contributed by atoms with Crippen molar-refractivity contribution in [2.75, 3.05) is 0 Å². The number of benzene rings is 1. The predicted octanol–water partition coefficient (Wildman–Crippen LogP) is 1.77. The fourth-order valence-electron chi connectivity index (χ4n) is 3.50. The molecule has 0 unspecified atom stereocenters. The zero-order valence-corrected chi connectivity index (χ0v) is 16.7. The number of cyclic esters (lactones) is 2. The summed E-state index contributed by atoms with van der Waals surface area (Å²) in [6.07, 6.45) is 0. The predicted molar refractivity (Wildman–Crippen MR) is 98.5 cm³/mol. The second-order valence-electron chi connectivity index (χ2n) is 7.43. The van der Waals surface area contributed by atoms with Crippen molar-refractivity contribution in [2.24, 2.45) is 13.0 Å². The smallest absolute Gasteiger partial charge is 0.324 e. The molecular formula is C19H21N3O7. The van der Waals surface area contributed by atoms with E-state index in [4.69, 9.17) is 9.47 Å². The van der Waals surface area contributed by atoms with E-state index in [9.17, 15) is 24.9 Å². The molecule has 10 nitrogen and oxygen atoms in total. The Morgan fingerprint density at radius 1 is 1.14 bits per heavy atom. The van der Waals surface area contributed by atoms with Crippen LogP contribution in [-0.4, -0.2) is 27.2 Å². The maximum absolute atomic E-state index is 12.9. The van der Waals surface area contributed by atoms with Crippen LogP contribution in [0, 0.1) is 35.1 Å². The average Bonchev–Trinajstić information content (AvgIpc) is 2.81. The van der Waals surface area contributed by atoms with Gasteiger partial charge in [0.2, 0.25) is 0 Å². The monoisotopic (exact) mass is 403 g/mol. The molecule has 1 atom stereocenters. The second-order valence-corrected chi connectivity index (χ2v) is 7.43. The number of imidazole rings is 1. The van der Waals surface area contributed by atoms with Crippen LogP contribution in [0.4, 0.5) is 5.69 Å². The minimum Gasteiger partial charge on any atom is -0.711 e. The molecule has 0 N–H and O–H groups in total. The topological polar surface area (TPSA) is 128 Å². The quantitative estimate of drug-likeness (QED) is 0.190. The average molecular weight is 403 g/mol. The molecule has 1 aromatic heterocycles. The summed E-state index contributed by atoms with van der Waals surface area (Å²) in [4.78, 5) is 35.9. The van der Waals surface area contributed by atoms with Gasteiger partial charge in [0, 0.05) is 39.8 Å². The van der Waals surface area contributed by atoms with E-state index in [1.54, 1.807) is 25.5 Å². The highest BCUT2D eigenvalue weighted by molar-refractivity contribution is 5.98. The molecule has 0 saturated carbocycles. The molecule has 29 heavy (non-hydrogen) atoms. The van der Waals surface area contributed by atoms with E-state index in [0.717, 1.165) is 0 Å². The van der Waals surface area contributed by atoms with Crippen LogP contribution in [0.25, 0.3) is 0 Å². The summed E-state index contributed by atoms with van der Waals surface area (Å²) < 4.78 is 12.7. The zero-order valence-electron chi connectivity index (χ0n) is 16.7. The van der Waals surface area contributed by atoms with Crippen LogP contribution >= 0.6 is 0 Å². The lowest BCUT2D eigenvalue weighted by molar-refractivity contribution is -0.621. The number of carbonyl (C=O) groups is 2. The van der Waals surface area contributed by atoms with E-state index in [-0.39, 0.29) is 11.5 Å². The van der Waals surface area contributed by atoms with E-state index < -0.39 is 34.5 Å². The fourth-order valence-corrected chi connectivity index (χ4v) is 3.50. The number of esters is 2. The summed E-state index contributed by atoms with van der Waals surface area (Å²) in [5.74, 6) is -5.43. The molecule has 0 spiro atoms. The van der Waals surface area contributed by atoms with E-state index in [1.807, 2.05) is 0 Å². The first-order chi connectivity index (χ1) is 13.4. The number of rotatable bonds is 4. The Hall–Kier alpha value is -3.43. The van der Waals surface area contributed by atoms with Crippen LogP contribution in [0.1, 0.15) is 42.5 Å². The number of non-ortho nitro benzene ring substituents is 1. The van der Waals surface area contributed by atoms with Gasteiger partial charge in [0.15, 0.2) is 5.92 Å². The van der Waals surface area contributed by atoms with Crippen molar-refractivity contribution in [2.45, 2.75) is 39.4 Å². The van der Waals surface area contributed by atoms with Crippen LogP contribution < -0.4 is 4.73 Å². The van der Waals surface area contributed by atoms with Crippen molar-refractivity contribution >= 4 is 17.6 Å². The van der Waals surface area contributed by atoms with E-state index >= 15 is 0 Å². The molecule has 1 saturated heterocycles. The Morgan fingerprint density at radius 2 is 1.66 bits per heavy atom. The minimum atomic E-state index is -1.43. The summed E-state index contributed by atoms with van der Waals surface area (Å²) in [6.45, 7) is 6.23. The Morgan fingerprint density at radius 3 is 2.07 bits per heavy atom. The van der Waals surface area contributed by atoms with E-state index in [2.05, 4.69) is 0 Å². The summed E-state index contributed by atoms with van der Waals surface area (Å²) in [6, 6.07) is 5.34. The first-order valence-electron chi connectivity index (χ1n) is 8.90. The highest BCUT2D eigenvalue weighted by Crippen LogP contribution is 2.38. The Labute approximate surface area is 166 Å². The Balaban J connectivity index is 2.20. The molecule has 10 heteroatoms. The molecule has 0 aliphatic carbocycles. The van der Waals surface area contributed by atoms with Gasteiger partial charge >= 0.3 is 11.9 Å². The van der Waals surface area contributed by atoms with E-state index in [0.29, 0.717) is 21.7 Å². The van der Waals surface area contributed by atoms with Gasteiger partial charge in [0.05, 0.1) is 12.0 Å². The van der Waals surface area contributed by atoms with Gasteiger partial charge in [-0.25, -0.2) is 9.30 Å². The maximum atomic E-state index is 12.9. The second kappa shape index (κ2) is 6.87. The Kier molecular flexibility index (Phi) is 4.81. The third kappa shape index (κ3) is 3.41. The number of aromatic nitrogens is 2. The van der Waals surface area contributed by atoms with Gasteiger partial charge in [-0.1, -0.05) is 12.1 Å². The lowest BCUT2D eigenvalue weighted by Gasteiger charge is -2.35. The normalized spacial score (nSPS) is 17.6. The summed E-state index contributed by atoms with van der Waals surface area (Å²) >= 11 is 0. The maximum Gasteiger partial charge on any atom is 0.324 e. The van der Waals surface area contributed by atoms with Crippen LogP contribution in [0.5, 0.6) is 0 Å². The number of hydrogen-bond donors (Lipinski definition) is 0. The molecular weight excluding hydrogens is 382 g/mol. The lowest BCUT2D eigenvalue weighted by atomic mass is 9.84. The first-order valence-corrected chi connectivity index (χ1v) is 8.90. The molecule has 2 aromatic rings. The van der Waals surface area contributed by atoms with Gasteiger partial charge in [0.1, 0.15) is 17.3 Å². The summed E-state index contributed by atoms with van der Waals surface area (Å²) in [5.41, 5.74) is 1.28. The number of nitrogens with zero attached hydrogens (tertiary/aromatic N) is 3. The molecule has 1 aliphatic rings. The fraction of sp³-hybridized carbons (Fsp3) is 0.421. The molecule has 0 amide bonds. The Bertz CT molecular complexity index is 962. The minimum absolute atomic E-state index is 0.132. The lowest BCUT2D eigenvalue weighted by Crippen LogP contribution is -2.50. The molecule has 1 aromatic carbocycles. The number of ether oxygens (including phenoxy) is 2. The van der Waals surface area contributed by atoms with Crippen molar-refractivity contribution in [1.29, 1.82) is 0 Å². The van der Waals surface area contributed by atoms with Crippen molar-refractivity contribution in [3.8, 4) is 0 Å². The van der Waals surface area contributed by atoms with Gasteiger partial charge in [0.25, 0.3) is 17.3 Å². The molecule has 2 heterocycles. The van der Waals surface area contributed by atoms with E-state index in [1.165, 1.54) is 38.1 Å². The molecule has 0 radical (unpaired) electrons. The van der Waals surface area contributed by atoms with Gasteiger partial charge in [-0.3, -0.25) is 19.7 Å². The standard InChI is InChI=1S/C19H21N3O7/c1-10-11(2)21(25)16(20(10)5)14(12-6-8-13(9-7-12)22(26)27)15-17(23)28-19(3,4)29-18(15)24/h6-9,14-15H,1-5H3/t14-/m0/s1. The van der Waals surface area contributed by atoms with Crippen LogP contribution in [0.2, 0.25) is 0 Å². The van der Waals surface area contributed by atoms with Crippen molar-refractivity contribution in [1.82, 2.24) is 4.57 Å². The molecule has 1 fully saturated rings. The number of carbonyl (C=O) groups excluding carboxylic acids is 2. The molecule has 0 bridgehead atoms. The molecule has 154 valence electrons. The third-order valence-electron chi connectivity index (χ3n) is 5.16. The molecule has 1 aliphatic heterocycles. The van der Waals surface area contributed by atoms with Crippen molar-refractivity contribution in [3.63, 3.8) is 0 Å². The number of nitro benzene ring substituents is 1. The number of hydrogen-bond acceptors (Lipinski definition) is 7. The van der Waals surface area contributed by atoms with Crippen LogP contribution in [-0.2, 0) is 26.1 Å². The van der Waals surface area contributed by atoms with Crippen LogP contribution in [0.15, 0.2) is 24.3 Å². The van der Waals surface area contributed by atoms with Gasteiger partial charge in [-0.2, -0.15) is 0 Å².